The fourth-order valence-electron chi connectivity index (χ4n) is 3.13. The topological polar surface area (TPSA) is 29.1 Å². The quantitative estimate of drug-likeness (QED) is 0.201. The molecule has 0 aromatic rings. The van der Waals surface area contributed by atoms with E-state index in [0.717, 1.165) is 13.0 Å². The summed E-state index contributed by atoms with van der Waals surface area (Å²) in [5, 5.41) is 2.83. The summed E-state index contributed by atoms with van der Waals surface area (Å²) in [6, 6.07) is 0. The molecular weight excluding hydrogens is 294 g/mol. The van der Waals surface area contributed by atoms with E-state index in [2.05, 4.69) is 18.8 Å². The van der Waals surface area contributed by atoms with Crippen LogP contribution in [0, 0.1) is 0 Å². The first-order valence-corrected chi connectivity index (χ1v) is 10.7. The van der Waals surface area contributed by atoms with E-state index < -0.39 is 0 Å². The van der Waals surface area contributed by atoms with E-state index in [1.807, 2.05) is 0 Å². The molecule has 1 amide bonds. The van der Waals surface area contributed by atoms with Crippen LogP contribution in [0.2, 0.25) is 0 Å². The molecule has 2 heteroatoms. The number of nitrogens with one attached hydrogen (secondary N) is 1. The molecule has 142 valence electrons. The molecule has 0 unspecified atom stereocenters. The molecule has 0 aromatic carbocycles. The van der Waals surface area contributed by atoms with Gasteiger partial charge in [0.25, 0.3) is 0 Å². The highest BCUT2D eigenvalue weighted by Gasteiger charge is 1.95. The number of hydrogen-bond donors (Lipinski definition) is 1. The molecule has 0 saturated heterocycles. The Morgan fingerprint density at radius 3 is 1.33 bits per heavy atom. The van der Waals surface area contributed by atoms with Crippen LogP contribution in [0.3, 0.4) is 0 Å². The maximum atomic E-state index is 11.0. The lowest BCUT2D eigenvalue weighted by Crippen LogP contribution is -2.21. The van der Waals surface area contributed by atoms with Gasteiger partial charge in [-0.15, -0.1) is 0 Å². The van der Waals surface area contributed by atoms with Crippen molar-refractivity contribution in [3.8, 4) is 0 Å². The predicted molar refractivity (Wildman–Crippen MR) is 107 cm³/mol. The summed E-state index contributed by atoms with van der Waals surface area (Å²) in [5.41, 5.74) is 0. The summed E-state index contributed by atoms with van der Waals surface area (Å²) in [5.74, 6) is -0.0495. The zero-order valence-corrected chi connectivity index (χ0v) is 16.4. The third-order valence-electron chi connectivity index (χ3n) is 4.76. The minimum Gasteiger partial charge on any atom is -0.353 e. The Kier molecular flexibility index (Phi) is 19.6. The third-order valence-corrected chi connectivity index (χ3v) is 4.76. The number of amides is 1. The number of hydrogen-bond acceptors (Lipinski definition) is 1. The molecule has 24 heavy (non-hydrogen) atoms. The molecule has 0 radical (unpaired) electrons. The number of carbonyl (C=O) groups excluding carboxylic acids is 1. The predicted octanol–water partition coefficient (Wildman–Crippen LogP) is 6.94. The SMILES string of the molecule is C=CC(=O)NCCCCCCCCCCCCCCCCCCC. The number of rotatable bonds is 19. The largest absolute Gasteiger partial charge is 0.353 e. The van der Waals surface area contributed by atoms with Gasteiger partial charge < -0.3 is 5.32 Å². The average molecular weight is 338 g/mol. The Balaban J connectivity index is 3.00. The second-order valence-electron chi connectivity index (χ2n) is 7.15. The van der Waals surface area contributed by atoms with Crippen molar-refractivity contribution in [2.24, 2.45) is 0 Å². The Morgan fingerprint density at radius 2 is 1.00 bits per heavy atom. The van der Waals surface area contributed by atoms with Gasteiger partial charge in [-0.2, -0.15) is 0 Å². The molecule has 0 saturated carbocycles. The van der Waals surface area contributed by atoms with Gasteiger partial charge in [-0.1, -0.05) is 116 Å². The van der Waals surface area contributed by atoms with Crippen molar-refractivity contribution in [3.63, 3.8) is 0 Å². The maximum Gasteiger partial charge on any atom is 0.243 e. The molecule has 2 nitrogen and oxygen atoms in total. The molecule has 0 spiro atoms. The van der Waals surface area contributed by atoms with Crippen LogP contribution in [0.25, 0.3) is 0 Å². The molecule has 0 rings (SSSR count). The second kappa shape index (κ2) is 20.3. The van der Waals surface area contributed by atoms with Gasteiger partial charge in [0.15, 0.2) is 0 Å². The van der Waals surface area contributed by atoms with E-state index in [9.17, 15) is 4.79 Å². The van der Waals surface area contributed by atoms with Crippen molar-refractivity contribution in [1.29, 1.82) is 0 Å². The first-order chi connectivity index (χ1) is 11.8. The van der Waals surface area contributed by atoms with Gasteiger partial charge in [0.2, 0.25) is 5.91 Å². The molecule has 0 atom stereocenters. The summed E-state index contributed by atoms with van der Waals surface area (Å²) in [7, 11) is 0. The van der Waals surface area contributed by atoms with E-state index in [4.69, 9.17) is 0 Å². The highest BCUT2D eigenvalue weighted by atomic mass is 16.1. The first kappa shape index (κ1) is 23.2. The standard InChI is InChI=1S/C22H43NO/c1-3-5-6-7-8-9-10-11-12-13-14-15-16-17-18-19-20-21-23-22(24)4-2/h4H,2-3,5-21H2,1H3,(H,23,24). The Labute approximate surface area is 151 Å². The lowest BCUT2D eigenvalue weighted by Gasteiger charge is -2.04. The first-order valence-electron chi connectivity index (χ1n) is 10.7. The zero-order chi connectivity index (χ0) is 17.7. The van der Waals surface area contributed by atoms with Crippen LogP contribution in [0.5, 0.6) is 0 Å². The minimum atomic E-state index is -0.0495. The Morgan fingerprint density at radius 1 is 0.667 bits per heavy atom. The summed E-state index contributed by atoms with van der Waals surface area (Å²) in [4.78, 5) is 11.0. The maximum absolute atomic E-state index is 11.0. The van der Waals surface area contributed by atoms with Crippen LogP contribution in [-0.2, 0) is 4.79 Å². The normalized spacial score (nSPS) is 10.7. The van der Waals surface area contributed by atoms with Gasteiger partial charge >= 0.3 is 0 Å². The number of unbranched alkanes of at least 4 members (excludes halogenated alkanes) is 16. The smallest absolute Gasteiger partial charge is 0.243 e. The van der Waals surface area contributed by atoms with Crippen molar-refractivity contribution >= 4 is 5.91 Å². The summed E-state index contributed by atoms with van der Waals surface area (Å²) >= 11 is 0. The summed E-state index contributed by atoms with van der Waals surface area (Å²) < 4.78 is 0. The fourth-order valence-corrected chi connectivity index (χ4v) is 3.13. The van der Waals surface area contributed by atoms with Crippen molar-refractivity contribution in [3.05, 3.63) is 12.7 Å². The highest BCUT2D eigenvalue weighted by molar-refractivity contribution is 5.86. The molecule has 0 heterocycles. The molecule has 0 bridgehead atoms. The molecule has 0 aliphatic rings. The molecule has 0 aromatic heterocycles. The van der Waals surface area contributed by atoms with Crippen LogP contribution < -0.4 is 5.32 Å². The van der Waals surface area contributed by atoms with Crippen LogP contribution in [0.4, 0.5) is 0 Å². The summed E-state index contributed by atoms with van der Waals surface area (Å²) in [6.07, 6.45) is 24.9. The van der Waals surface area contributed by atoms with Gasteiger partial charge in [-0.05, 0) is 12.5 Å². The Bertz CT molecular complexity index is 275. The lowest BCUT2D eigenvalue weighted by molar-refractivity contribution is -0.116. The van der Waals surface area contributed by atoms with Crippen LogP contribution >= 0.6 is 0 Å². The molecular formula is C22H43NO. The monoisotopic (exact) mass is 337 g/mol. The van der Waals surface area contributed by atoms with Gasteiger partial charge in [-0.25, -0.2) is 0 Å². The van der Waals surface area contributed by atoms with Gasteiger partial charge in [0.1, 0.15) is 0 Å². The molecule has 0 fully saturated rings. The van der Waals surface area contributed by atoms with Crippen LogP contribution in [0.15, 0.2) is 12.7 Å². The highest BCUT2D eigenvalue weighted by Crippen LogP contribution is 2.13. The third kappa shape index (κ3) is 19.3. The second-order valence-corrected chi connectivity index (χ2v) is 7.15. The van der Waals surface area contributed by atoms with Crippen LogP contribution in [0.1, 0.15) is 116 Å². The minimum absolute atomic E-state index is 0.0495. The number of carbonyl (C=O) groups is 1. The van der Waals surface area contributed by atoms with Crippen molar-refractivity contribution < 1.29 is 4.79 Å². The summed E-state index contributed by atoms with van der Waals surface area (Å²) in [6.45, 7) is 6.53. The van der Waals surface area contributed by atoms with Gasteiger partial charge in [0, 0.05) is 6.54 Å². The average Bonchev–Trinajstić information content (AvgIpc) is 2.60. The van der Waals surface area contributed by atoms with Crippen molar-refractivity contribution in [1.82, 2.24) is 5.32 Å². The molecule has 0 aliphatic carbocycles. The molecule has 1 N–H and O–H groups in total. The molecule has 0 aliphatic heterocycles. The van der Waals surface area contributed by atoms with E-state index in [-0.39, 0.29) is 5.91 Å². The van der Waals surface area contributed by atoms with E-state index in [0.29, 0.717) is 0 Å². The van der Waals surface area contributed by atoms with Crippen molar-refractivity contribution in [2.75, 3.05) is 6.54 Å². The van der Waals surface area contributed by atoms with Gasteiger partial charge in [0.05, 0.1) is 0 Å². The van der Waals surface area contributed by atoms with Crippen LogP contribution in [-0.4, -0.2) is 12.5 Å². The Hall–Kier alpha value is -0.790. The fraction of sp³-hybridized carbons (Fsp3) is 0.864. The zero-order valence-electron chi connectivity index (χ0n) is 16.4. The van der Waals surface area contributed by atoms with Gasteiger partial charge in [-0.3, -0.25) is 4.79 Å². The van der Waals surface area contributed by atoms with E-state index in [1.165, 1.54) is 109 Å². The van der Waals surface area contributed by atoms with Crippen molar-refractivity contribution in [2.45, 2.75) is 116 Å². The lowest BCUT2D eigenvalue weighted by atomic mass is 10.0. The van der Waals surface area contributed by atoms with E-state index in [1.54, 1.807) is 0 Å². The van der Waals surface area contributed by atoms with E-state index >= 15 is 0 Å².